The summed E-state index contributed by atoms with van der Waals surface area (Å²) in [5.74, 6) is 0.238. The molecule has 0 saturated heterocycles. The first-order valence-electron chi connectivity index (χ1n) is 7.11. The van der Waals surface area contributed by atoms with E-state index in [0.717, 1.165) is 25.7 Å². The summed E-state index contributed by atoms with van der Waals surface area (Å²) >= 11 is 3.07. The van der Waals surface area contributed by atoms with Gasteiger partial charge < -0.3 is 10.4 Å². The fourth-order valence-electron chi connectivity index (χ4n) is 1.79. The van der Waals surface area contributed by atoms with E-state index in [-0.39, 0.29) is 11.2 Å². The van der Waals surface area contributed by atoms with Crippen LogP contribution in [0.3, 0.4) is 0 Å². The van der Waals surface area contributed by atoms with Crippen LogP contribution in [0.1, 0.15) is 30.8 Å². The van der Waals surface area contributed by atoms with Crippen molar-refractivity contribution < 1.29 is 5.11 Å². The average molecular weight is 347 g/mol. The highest BCUT2D eigenvalue weighted by Gasteiger charge is 2.19. The van der Waals surface area contributed by atoms with Crippen LogP contribution in [0, 0.1) is 0 Å². The van der Waals surface area contributed by atoms with E-state index >= 15 is 0 Å². The molecule has 120 valence electrons. The molecule has 1 aromatic carbocycles. The molecule has 0 atom stereocenters. The Kier molecular flexibility index (Phi) is 4.27. The molecule has 6 nitrogen and oxygen atoms in total. The summed E-state index contributed by atoms with van der Waals surface area (Å²) in [6.45, 7) is 6.95. The molecule has 0 spiro atoms. The van der Waals surface area contributed by atoms with E-state index in [1.54, 1.807) is 23.5 Å². The van der Waals surface area contributed by atoms with Crippen molar-refractivity contribution in [1.82, 2.24) is 20.4 Å². The topological polar surface area (TPSA) is 83.8 Å². The van der Waals surface area contributed by atoms with Gasteiger partial charge >= 0.3 is 0 Å². The number of phenols is 1. The molecular weight excluding hydrogens is 330 g/mol. The first kappa shape index (κ1) is 15.8. The van der Waals surface area contributed by atoms with Crippen LogP contribution in [0.25, 0.3) is 10.6 Å². The lowest BCUT2D eigenvalue weighted by Gasteiger charge is -2.12. The number of nitrogens with one attached hydrogen (secondary N) is 1. The number of hydrogen-bond acceptors (Lipinski definition) is 8. The summed E-state index contributed by atoms with van der Waals surface area (Å²) in [7, 11) is 0. The molecule has 0 aliphatic rings. The number of anilines is 1. The van der Waals surface area contributed by atoms with Crippen molar-refractivity contribution in [3.05, 3.63) is 34.3 Å². The summed E-state index contributed by atoms with van der Waals surface area (Å²) in [5, 5.41) is 32.8. The van der Waals surface area contributed by atoms with E-state index in [4.69, 9.17) is 0 Å². The monoisotopic (exact) mass is 347 g/mol. The fraction of sp³-hybridized carbons (Fsp3) is 0.333. The molecule has 3 rings (SSSR count). The zero-order valence-corrected chi connectivity index (χ0v) is 14.7. The van der Waals surface area contributed by atoms with Crippen LogP contribution in [0.5, 0.6) is 5.75 Å². The molecule has 0 bridgehead atoms. The standard InChI is InChI=1S/C15H17N5OS2/c1-15(2,3)13-19-17-11(22-13)8-16-14-20-18-12(23-14)9-4-6-10(21)7-5-9/h4-7,21H,8H2,1-3H3,(H,16,20). The lowest BCUT2D eigenvalue weighted by molar-refractivity contribution is 0.475. The van der Waals surface area contributed by atoms with Crippen LogP contribution < -0.4 is 5.32 Å². The number of nitrogens with zero attached hydrogens (tertiary/aromatic N) is 4. The van der Waals surface area contributed by atoms with Crippen molar-refractivity contribution in [2.24, 2.45) is 0 Å². The van der Waals surface area contributed by atoms with Gasteiger partial charge in [-0.3, -0.25) is 0 Å². The van der Waals surface area contributed by atoms with Crippen molar-refractivity contribution in [3.8, 4) is 16.3 Å². The third-order valence-corrected chi connectivity index (χ3v) is 5.32. The highest BCUT2D eigenvalue weighted by molar-refractivity contribution is 7.18. The summed E-state index contributed by atoms with van der Waals surface area (Å²) in [5.41, 5.74) is 0.948. The maximum absolute atomic E-state index is 9.32. The Morgan fingerprint density at radius 1 is 1.00 bits per heavy atom. The molecule has 2 aromatic heterocycles. The third kappa shape index (κ3) is 3.83. The van der Waals surface area contributed by atoms with Crippen LogP contribution in [0.2, 0.25) is 0 Å². The van der Waals surface area contributed by atoms with Crippen LogP contribution in [-0.4, -0.2) is 25.5 Å². The van der Waals surface area contributed by atoms with E-state index in [1.165, 1.54) is 11.3 Å². The summed E-state index contributed by atoms with van der Waals surface area (Å²) in [4.78, 5) is 0. The number of rotatable bonds is 4. The normalized spacial score (nSPS) is 11.6. The molecule has 0 radical (unpaired) electrons. The first-order valence-corrected chi connectivity index (χ1v) is 8.75. The largest absolute Gasteiger partial charge is 0.508 e. The van der Waals surface area contributed by atoms with Gasteiger partial charge in [0.05, 0.1) is 6.54 Å². The summed E-state index contributed by atoms with van der Waals surface area (Å²) in [6.07, 6.45) is 0. The minimum Gasteiger partial charge on any atom is -0.508 e. The predicted octanol–water partition coefficient (Wildman–Crippen LogP) is 3.67. The molecule has 0 aliphatic heterocycles. The van der Waals surface area contributed by atoms with E-state index < -0.39 is 0 Å². The number of hydrogen-bond donors (Lipinski definition) is 2. The van der Waals surface area contributed by atoms with Gasteiger partial charge in [0.2, 0.25) is 5.13 Å². The Bertz CT molecular complexity index is 789. The first-order chi connectivity index (χ1) is 10.9. The van der Waals surface area contributed by atoms with Gasteiger partial charge in [-0.15, -0.1) is 20.4 Å². The van der Waals surface area contributed by atoms with Gasteiger partial charge in [0, 0.05) is 11.0 Å². The molecule has 8 heteroatoms. The van der Waals surface area contributed by atoms with Gasteiger partial charge in [-0.05, 0) is 24.3 Å². The Morgan fingerprint density at radius 3 is 2.39 bits per heavy atom. The Labute approximate surface area is 142 Å². The summed E-state index contributed by atoms with van der Waals surface area (Å²) < 4.78 is 0. The van der Waals surface area contributed by atoms with E-state index in [2.05, 4.69) is 46.5 Å². The quantitative estimate of drug-likeness (QED) is 0.749. The minimum atomic E-state index is 0.0185. The highest BCUT2D eigenvalue weighted by Crippen LogP contribution is 2.29. The maximum atomic E-state index is 9.32. The van der Waals surface area contributed by atoms with Gasteiger partial charge in [-0.2, -0.15) is 0 Å². The number of aromatic hydroxyl groups is 1. The Hall–Kier alpha value is -2.06. The second-order valence-corrected chi connectivity index (χ2v) is 8.10. The van der Waals surface area contributed by atoms with Crippen molar-refractivity contribution in [2.45, 2.75) is 32.7 Å². The minimum absolute atomic E-state index is 0.0185. The lowest BCUT2D eigenvalue weighted by Crippen LogP contribution is -2.10. The van der Waals surface area contributed by atoms with Crippen molar-refractivity contribution in [1.29, 1.82) is 0 Å². The smallest absolute Gasteiger partial charge is 0.206 e. The second kappa shape index (κ2) is 6.21. The predicted molar refractivity (Wildman–Crippen MR) is 92.9 cm³/mol. The zero-order valence-electron chi connectivity index (χ0n) is 13.1. The zero-order chi connectivity index (χ0) is 16.4. The van der Waals surface area contributed by atoms with Gasteiger partial charge in [0.1, 0.15) is 20.8 Å². The fourth-order valence-corrected chi connectivity index (χ4v) is 3.38. The maximum Gasteiger partial charge on any atom is 0.206 e. The van der Waals surface area contributed by atoms with Crippen LogP contribution in [0.15, 0.2) is 24.3 Å². The molecule has 3 aromatic rings. The van der Waals surface area contributed by atoms with Crippen LogP contribution in [0.4, 0.5) is 5.13 Å². The lowest BCUT2D eigenvalue weighted by atomic mass is 9.98. The second-order valence-electron chi connectivity index (χ2n) is 6.06. The van der Waals surface area contributed by atoms with Gasteiger partial charge in [0.25, 0.3) is 0 Å². The van der Waals surface area contributed by atoms with Gasteiger partial charge in [-0.25, -0.2) is 0 Å². The highest BCUT2D eigenvalue weighted by atomic mass is 32.1. The van der Waals surface area contributed by atoms with E-state index in [0.29, 0.717) is 6.54 Å². The molecule has 2 N–H and O–H groups in total. The third-order valence-electron chi connectivity index (χ3n) is 3.04. The van der Waals surface area contributed by atoms with Crippen LogP contribution >= 0.6 is 22.7 Å². The molecular formula is C15H17N5OS2. The molecule has 0 fully saturated rings. The van der Waals surface area contributed by atoms with Crippen molar-refractivity contribution in [2.75, 3.05) is 5.32 Å². The number of aromatic nitrogens is 4. The van der Waals surface area contributed by atoms with Gasteiger partial charge in [-0.1, -0.05) is 43.4 Å². The molecule has 0 aliphatic carbocycles. The molecule has 23 heavy (non-hydrogen) atoms. The molecule has 0 amide bonds. The van der Waals surface area contributed by atoms with Gasteiger partial charge in [0.15, 0.2) is 0 Å². The SMILES string of the molecule is CC(C)(C)c1nnc(CNc2nnc(-c3ccc(O)cc3)s2)s1. The summed E-state index contributed by atoms with van der Waals surface area (Å²) in [6, 6.07) is 6.91. The number of benzene rings is 1. The van der Waals surface area contributed by atoms with Crippen molar-refractivity contribution in [3.63, 3.8) is 0 Å². The van der Waals surface area contributed by atoms with E-state index in [1.807, 2.05) is 12.1 Å². The number of phenolic OH excluding ortho intramolecular Hbond substituents is 1. The molecule has 0 saturated carbocycles. The molecule has 2 heterocycles. The van der Waals surface area contributed by atoms with E-state index in [9.17, 15) is 5.11 Å². The average Bonchev–Trinajstić information content (AvgIpc) is 3.15. The molecule has 0 unspecified atom stereocenters. The Morgan fingerprint density at radius 2 is 1.74 bits per heavy atom. The van der Waals surface area contributed by atoms with Crippen molar-refractivity contribution >= 4 is 27.8 Å². The van der Waals surface area contributed by atoms with Crippen LogP contribution in [-0.2, 0) is 12.0 Å². The Balaban J connectivity index is 1.65.